The molecule has 0 unspecified atom stereocenters. The third-order valence-electron chi connectivity index (χ3n) is 5.75. The lowest BCUT2D eigenvalue weighted by molar-refractivity contribution is 0.00578. The maximum absolute atomic E-state index is 12.8. The van der Waals surface area contributed by atoms with Crippen molar-refractivity contribution in [1.29, 1.82) is 0 Å². The molecule has 152 valence electrons. The van der Waals surface area contributed by atoms with Crippen LogP contribution in [0, 0.1) is 0 Å². The minimum absolute atomic E-state index is 0.0361. The maximum atomic E-state index is 12.8. The summed E-state index contributed by atoms with van der Waals surface area (Å²) < 4.78 is 19.6. The van der Waals surface area contributed by atoms with E-state index in [9.17, 15) is 4.79 Å². The van der Waals surface area contributed by atoms with Crippen LogP contribution in [0.4, 0.5) is 0 Å². The van der Waals surface area contributed by atoms with Crippen LogP contribution in [0.1, 0.15) is 27.7 Å². The molecule has 0 saturated carbocycles. The van der Waals surface area contributed by atoms with E-state index in [-0.39, 0.29) is 23.5 Å². The molecule has 1 fully saturated rings. The van der Waals surface area contributed by atoms with Crippen molar-refractivity contribution in [3.8, 4) is 0 Å². The molecule has 28 heavy (non-hydrogen) atoms. The third kappa shape index (κ3) is 4.43. The Morgan fingerprint density at radius 3 is 2.32 bits per heavy atom. The number of fused-ring (bicyclic) bond motifs is 1. The summed E-state index contributed by atoms with van der Waals surface area (Å²) in [6, 6.07) is 8.80. The number of ether oxygens (including phenoxy) is 1. The quantitative estimate of drug-likeness (QED) is 0.548. The van der Waals surface area contributed by atoms with Crippen LogP contribution in [0.5, 0.6) is 0 Å². The fraction of sp³-hybridized carbons (Fsp3) is 0.571. The normalized spacial score (nSPS) is 18.8. The predicted molar refractivity (Wildman–Crippen MR) is 118 cm³/mol. The Morgan fingerprint density at radius 1 is 1.07 bits per heavy atom. The maximum Gasteiger partial charge on any atom is 0.494 e. The van der Waals surface area contributed by atoms with E-state index in [0.29, 0.717) is 12.0 Å². The van der Waals surface area contributed by atoms with Gasteiger partial charge in [0.15, 0.2) is 0 Å². The summed E-state index contributed by atoms with van der Waals surface area (Å²) in [5.41, 5.74) is 0.118. The van der Waals surface area contributed by atoms with E-state index in [0.717, 1.165) is 16.9 Å². The van der Waals surface area contributed by atoms with Gasteiger partial charge < -0.3 is 14.0 Å². The van der Waals surface area contributed by atoms with Crippen LogP contribution >= 0.6 is 0 Å². The Morgan fingerprint density at radius 2 is 1.71 bits per heavy atom. The molecule has 1 aliphatic heterocycles. The van der Waals surface area contributed by atoms with Gasteiger partial charge in [-0.1, -0.05) is 31.8 Å². The molecule has 0 radical (unpaired) electrons. The molecule has 1 saturated heterocycles. The van der Waals surface area contributed by atoms with Crippen molar-refractivity contribution in [1.82, 2.24) is 4.57 Å². The molecular weight excluding hydrogens is 369 g/mol. The first kappa shape index (κ1) is 21.3. The summed E-state index contributed by atoms with van der Waals surface area (Å²) in [4.78, 5) is 12.8. The van der Waals surface area contributed by atoms with Gasteiger partial charge in [0.1, 0.15) is 6.73 Å². The van der Waals surface area contributed by atoms with E-state index in [1.165, 1.54) is 0 Å². The van der Waals surface area contributed by atoms with Crippen LogP contribution in [0.2, 0.25) is 25.7 Å². The Labute approximate surface area is 169 Å². The first-order valence-electron chi connectivity index (χ1n) is 9.96. The Kier molecular flexibility index (Phi) is 5.67. The highest BCUT2D eigenvalue weighted by Crippen LogP contribution is 2.36. The topological polar surface area (TPSA) is 49.7 Å². The van der Waals surface area contributed by atoms with E-state index in [1.54, 1.807) is 10.8 Å². The summed E-state index contributed by atoms with van der Waals surface area (Å²) >= 11 is 0. The predicted octanol–water partition coefficient (Wildman–Crippen LogP) is 3.61. The van der Waals surface area contributed by atoms with Crippen LogP contribution in [-0.2, 0) is 20.8 Å². The summed E-state index contributed by atoms with van der Waals surface area (Å²) in [5.74, 6) is 0. The van der Waals surface area contributed by atoms with Gasteiger partial charge in [-0.25, -0.2) is 0 Å². The SMILES string of the molecule is CC1(C)OB(c2ccc3c(=O)n(COCC[Si](C)(C)C)ccc3c2)OC1(C)C. The second kappa shape index (κ2) is 7.45. The number of hydrogen-bond donors (Lipinski definition) is 0. The second-order valence-corrected chi connectivity index (χ2v) is 15.5. The zero-order valence-electron chi connectivity index (χ0n) is 18.2. The third-order valence-corrected chi connectivity index (χ3v) is 7.46. The van der Waals surface area contributed by atoms with Gasteiger partial charge in [0, 0.05) is 26.3 Å². The van der Waals surface area contributed by atoms with Crippen LogP contribution in [0.25, 0.3) is 10.8 Å². The summed E-state index contributed by atoms with van der Waals surface area (Å²) in [5, 5.41) is 1.56. The van der Waals surface area contributed by atoms with Gasteiger partial charge in [-0.15, -0.1) is 0 Å². The lowest BCUT2D eigenvalue weighted by atomic mass is 9.78. The fourth-order valence-electron chi connectivity index (χ4n) is 3.08. The molecule has 1 aliphatic rings. The van der Waals surface area contributed by atoms with Crippen molar-refractivity contribution in [2.45, 2.75) is 71.3 Å². The largest absolute Gasteiger partial charge is 0.494 e. The monoisotopic (exact) mass is 401 g/mol. The fourth-order valence-corrected chi connectivity index (χ4v) is 3.83. The zero-order chi connectivity index (χ0) is 20.7. The minimum atomic E-state index is -1.13. The van der Waals surface area contributed by atoms with E-state index in [2.05, 4.69) is 19.6 Å². The standard InChI is InChI=1S/C21H32BNO4Si/c1-20(2)21(3,4)27-22(26-20)17-8-9-18-16(14-17)10-11-23(19(18)24)15-25-12-13-28(5,6)7/h8-11,14H,12-13,15H2,1-7H3. The molecule has 0 amide bonds. The van der Waals surface area contributed by atoms with Crippen molar-refractivity contribution in [2.24, 2.45) is 0 Å². The van der Waals surface area contributed by atoms with Crippen molar-refractivity contribution < 1.29 is 14.0 Å². The van der Waals surface area contributed by atoms with Crippen molar-refractivity contribution in [3.63, 3.8) is 0 Å². The van der Waals surface area contributed by atoms with E-state index >= 15 is 0 Å². The Hall–Kier alpha value is -1.41. The lowest BCUT2D eigenvalue weighted by Gasteiger charge is -2.32. The van der Waals surface area contributed by atoms with Gasteiger partial charge in [-0.3, -0.25) is 9.36 Å². The number of pyridine rings is 1. The Bertz CT molecular complexity index is 901. The lowest BCUT2D eigenvalue weighted by Crippen LogP contribution is -2.41. The summed E-state index contributed by atoms with van der Waals surface area (Å²) in [6.07, 6.45) is 1.80. The van der Waals surface area contributed by atoms with Crippen LogP contribution in [-0.4, -0.2) is 37.6 Å². The summed E-state index contributed by atoms with van der Waals surface area (Å²) in [6.45, 7) is 16.1. The van der Waals surface area contributed by atoms with Crippen molar-refractivity contribution >= 4 is 31.4 Å². The highest BCUT2D eigenvalue weighted by atomic mass is 28.3. The van der Waals surface area contributed by atoms with E-state index in [4.69, 9.17) is 14.0 Å². The second-order valence-electron chi connectivity index (χ2n) is 9.87. The molecule has 1 aromatic heterocycles. The highest BCUT2D eigenvalue weighted by molar-refractivity contribution is 6.76. The van der Waals surface area contributed by atoms with Crippen LogP contribution < -0.4 is 11.0 Å². The van der Waals surface area contributed by atoms with E-state index in [1.807, 2.05) is 52.0 Å². The molecule has 3 rings (SSSR count). The molecule has 2 aromatic rings. The number of hydrogen-bond acceptors (Lipinski definition) is 4. The number of nitrogens with zero attached hydrogens (tertiary/aromatic N) is 1. The smallest absolute Gasteiger partial charge is 0.399 e. The van der Waals surface area contributed by atoms with Gasteiger partial charge in [-0.05, 0) is 56.7 Å². The first-order valence-corrected chi connectivity index (χ1v) is 13.7. The average molecular weight is 401 g/mol. The molecule has 0 spiro atoms. The van der Waals surface area contributed by atoms with Crippen LogP contribution in [0.3, 0.4) is 0 Å². The highest BCUT2D eigenvalue weighted by Gasteiger charge is 2.51. The van der Waals surface area contributed by atoms with Crippen molar-refractivity contribution in [2.75, 3.05) is 6.61 Å². The molecule has 0 aliphatic carbocycles. The molecule has 0 N–H and O–H groups in total. The van der Waals surface area contributed by atoms with Crippen LogP contribution in [0.15, 0.2) is 35.3 Å². The number of benzene rings is 1. The summed E-state index contributed by atoms with van der Waals surface area (Å²) in [7, 11) is -1.56. The van der Waals surface area contributed by atoms with Crippen molar-refractivity contribution in [3.05, 3.63) is 40.8 Å². The molecule has 5 nitrogen and oxygen atoms in total. The number of rotatable bonds is 6. The molecule has 0 atom stereocenters. The van der Waals surface area contributed by atoms with Gasteiger partial charge in [0.2, 0.25) is 0 Å². The van der Waals surface area contributed by atoms with Gasteiger partial charge in [0.05, 0.1) is 11.2 Å². The first-order chi connectivity index (χ1) is 12.9. The number of aromatic nitrogens is 1. The molecular formula is C21H32BNO4Si. The van der Waals surface area contributed by atoms with E-state index < -0.39 is 15.2 Å². The Balaban J connectivity index is 1.77. The van der Waals surface area contributed by atoms with Gasteiger partial charge >= 0.3 is 7.12 Å². The molecule has 7 heteroatoms. The molecule has 1 aromatic carbocycles. The zero-order valence-corrected chi connectivity index (χ0v) is 19.2. The average Bonchev–Trinajstić information content (AvgIpc) is 2.80. The molecule has 2 heterocycles. The molecule has 0 bridgehead atoms. The van der Waals surface area contributed by atoms with Gasteiger partial charge in [-0.2, -0.15) is 0 Å². The minimum Gasteiger partial charge on any atom is -0.399 e. The van der Waals surface area contributed by atoms with Gasteiger partial charge in [0.25, 0.3) is 5.56 Å².